The fourth-order valence-corrected chi connectivity index (χ4v) is 3.92. The van der Waals surface area contributed by atoms with Gasteiger partial charge in [0.2, 0.25) is 0 Å². The average molecular weight is 466 g/mol. The zero-order valence-corrected chi connectivity index (χ0v) is 19.4. The van der Waals surface area contributed by atoms with Crippen LogP contribution in [-0.2, 0) is 4.74 Å². The smallest absolute Gasteiger partial charge is 0.340 e. The first kappa shape index (κ1) is 23.5. The maximum Gasteiger partial charge on any atom is 0.340 e. The molecule has 0 atom stereocenters. The first-order valence-electron chi connectivity index (χ1n) is 10.5. The Hall–Kier alpha value is -3.14. The number of aromatic nitrogens is 1. The second-order valence-electron chi connectivity index (χ2n) is 7.10. The van der Waals surface area contributed by atoms with Crippen LogP contribution in [0.15, 0.2) is 60.1 Å². The van der Waals surface area contributed by atoms with Gasteiger partial charge in [-0.2, -0.15) is 5.26 Å². The number of unbranched alkanes of at least 4 members (excludes halogenated alkanes) is 3. The van der Waals surface area contributed by atoms with E-state index in [1.807, 2.05) is 23.6 Å². The molecule has 1 aromatic heterocycles. The molecule has 0 radical (unpaired) electrons. The highest BCUT2D eigenvalue weighted by Gasteiger charge is 2.13. The van der Waals surface area contributed by atoms with Crippen molar-refractivity contribution in [1.82, 2.24) is 4.98 Å². The molecule has 32 heavy (non-hydrogen) atoms. The normalized spacial score (nSPS) is 11.1. The minimum atomic E-state index is -0.379. The lowest BCUT2D eigenvalue weighted by Crippen LogP contribution is -2.09. The number of esters is 1. The van der Waals surface area contributed by atoms with Gasteiger partial charge in [-0.1, -0.05) is 62.1 Å². The molecule has 0 amide bonds. The Labute approximate surface area is 197 Å². The number of carbonyl (C=O) groups is 1. The van der Waals surface area contributed by atoms with Gasteiger partial charge in [0.05, 0.1) is 23.6 Å². The molecular weight excluding hydrogens is 442 g/mol. The highest BCUT2D eigenvalue weighted by Crippen LogP contribution is 2.27. The van der Waals surface area contributed by atoms with E-state index in [1.54, 1.807) is 36.5 Å². The average Bonchev–Trinajstić information content (AvgIpc) is 3.30. The van der Waals surface area contributed by atoms with Gasteiger partial charge < -0.3 is 10.1 Å². The SMILES string of the molecule is CCCCCCOC(=O)c1ccccc1N/C=C(\C#N)c1nc(-c2ccc(Cl)cc2)cs1. The largest absolute Gasteiger partial charge is 0.462 e. The van der Waals surface area contributed by atoms with Gasteiger partial charge in [0.1, 0.15) is 16.6 Å². The Morgan fingerprint density at radius 3 is 2.72 bits per heavy atom. The molecule has 0 saturated carbocycles. The van der Waals surface area contributed by atoms with E-state index in [0.29, 0.717) is 33.5 Å². The molecule has 164 valence electrons. The summed E-state index contributed by atoms with van der Waals surface area (Å²) in [7, 11) is 0. The van der Waals surface area contributed by atoms with Gasteiger partial charge in [-0.25, -0.2) is 9.78 Å². The number of hydrogen-bond donors (Lipinski definition) is 1. The molecule has 0 aliphatic carbocycles. The second-order valence-corrected chi connectivity index (χ2v) is 8.40. The number of carbonyl (C=O) groups excluding carboxylic acids is 1. The van der Waals surface area contributed by atoms with Crippen LogP contribution in [0.1, 0.15) is 48.0 Å². The van der Waals surface area contributed by atoms with Crippen molar-refractivity contribution in [3.05, 3.63) is 75.7 Å². The van der Waals surface area contributed by atoms with Crippen LogP contribution in [0.3, 0.4) is 0 Å². The molecule has 5 nitrogen and oxygen atoms in total. The summed E-state index contributed by atoms with van der Waals surface area (Å²) in [6.07, 6.45) is 5.73. The maximum atomic E-state index is 12.5. The van der Waals surface area contributed by atoms with Crippen molar-refractivity contribution in [3.8, 4) is 17.3 Å². The van der Waals surface area contributed by atoms with Crippen molar-refractivity contribution in [2.45, 2.75) is 32.6 Å². The monoisotopic (exact) mass is 465 g/mol. The molecule has 0 aliphatic heterocycles. The van der Waals surface area contributed by atoms with Crippen LogP contribution >= 0.6 is 22.9 Å². The molecule has 2 aromatic carbocycles. The number of nitriles is 1. The van der Waals surface area contributed by atoms with E-state index in [0.717, 1.165) is 36.9 Å². The van der Waals surface area contributed by atoms with Crippen LogP contribution in [0.2, 0.25) is 5.02 Å². The Bertz CT molecular complexity index is 1120. The van der Waals surface area contributed by atoms with Crippen LogP contribution in [0.25, 0.3) is 16.8 Å². The number of rotatable bonds is 10. The molecule has 0 saturated heterocycles. The van der Waals surface area contributed by atoms with Crippen LogP contribution in [-0.4, -0.2) is 17.6 Å². The quantitative estimate of drug-likeness (QED) is 0.195. The van der Waals surface area contributed by atoms with Crippen LogP contribution < -0.4 is 5.32 Å². The lowest BCUT2D eigenvalue weighted by Gasteiger charge is -2.09. The lowest BCUT2D eigenvalue weighted by molar-refractivity contribution is 0.0499. The number of thiazole rings is 1. The van der Waals surface area contributed by atoms with Crippen LogP contribution in [0.5, 0.6) is 0 Å². The molecule has 7 heteroatoms. The minimum Gasteiger partial charge on any atom is -0.462 e. The van der Waals surface area contributed by atoms with Crippen molar-refractivity contribution < 1.29 is 9.53 Å². The predicted octanol–water partition coefficient (Wildman–Crippen LogP) is 7.18. The molecule has 0 spiro atoms. The molecule has 0 fully saturated rings. The number of hydrogen-bond acceptors (Lipinski definition) is 6. The van der Waals surface area contributed by atoms with Crippen molar-refractivity contribution in [2.24, 2.45) is 0 Å². The van der Waals surface area contributed by atoms with E-state index in [1.165, 1.54) is 11.3 Å². The summed E-state index contributed by atoms with van der Waals surface area (Å²) in [4.78, 5) is 17.1. The summed E-state index contributed by atoms with van der Waals surface area (Å²) in [5.41, 5.74) is 3.08. The summed E-state index contributed by atoms with van der Waals surface area (Å²) in [6.45, 7) is 2.54. The summed E-state index contributed by atoms with van der Waals surface area (Å²) in [5, 5.41) is 15.9. The fraction of sp³-hybridized carbons (Fsp3) is 0.240. The number of allylic oxidation sites excluding steroid dienone is 1. The number of benzene rings is 2. The van der Waals surface area contributed by atoms with E-state index >= 15 is 0 Å². The number of nitrogens with zero attached hydrogens (tertiary/aromatic N) is 2. The Morgan fingerprint density at radius 2 is 1.97 bits per heavy atom. The lowest BCUT2D eigenvalue weighted by atomic mass is 10.1. The van der Waals surface area contributed by atoms with E-state index in [2.05, 4.69) is 23.3 Å². The third kappa shape index (κ3) is 6.43. The maximum absolute atomic E-state index is 12.5. The molecule has 3 aromatic rings. The molecular formula is C25H24ClN3O2S. The van der Waals surface area contributed by atoms with E-state index in [4.69, 9.17) is 16.3 Å². The van der Waals surface area contributed by atoms with Gasteiger partial charge in [-0.3, -0.25) is 0 Å². The topological polar surface area (TPSA) is 75.0 Å². The van der Waals surface area contributed by atoms with Gasteiger partial charge >= 0.3 is 5.97 Å². The Balaban J connectivity index is 1.70. The predicted molar refractivity (Wildman–Crippen MR) is 131 cm³/mol. The van der Waals surface area contributed by atoms with E-state index < -0.39 is 0 Å². The molecule has 1 heterocycles. The fourth-order valence-electron chi connectivity index (χ4n) is 3.00. The molecule has 0 unspecified atom stereocenters. The second kappa shape index (κ2) is 12.0. The Morgan fingerprint density at radius 1 is 1.19 bits per heavy atom. The Kier molecular flexibility index (Phi) is 8.85. The van der Waals surface area contributed by atoms with Crippen LogP contribution in [0.4, 0.5) is 5.69 Å². The molecule has 1 N–H and O–H groups in total. The van der Waals surface area contributed by atoms with E-state index in [-0.39, 0.29) is 5.97 Å². The summed E-state index contributed by atoms with van der Waals surface area (Å²) < 4.78 is 5.41. The summed E-state index contributed by atoms with van der Waals surface area (Å²) in [6, 6.07) is 16.6. The zero-order chi connectivity index (χ0) is 22.8. The molecule has 0 aliphatic rings. The number of anilines is 1. The highest BCUT2D eigenvalue weighted by atomic mass is 35.5. The zero-order valence-electron chi connectivity index (χ0n) is 17.8. The number of ether oxygens (including phenoxy) is 1. The number of para-hydroxylation sites is 1. The standard InChI is InChI=1S/C25H24ClN3O2S/c1-2-3-4-7-14-31-25(30)21-8-5-6-9-22(21)28-16-19(15-27)24-29-23(17-32-24)18-10-12-20(26)13-11-18/h5-6,8-13,16-17,28H,2-4,7,14H2,1H3/b19-16+. The molecule has 3 rings (SSSR count). The minimum absolute atomic E-state index is 0.373. The van der Waals surface area contributed by atoms with Gasteiger partial charge in [0, 0.05) is 22.2 Å². The first-order chi connectivity index (χ1) is 15.6. The van der Waals surface area contributed by atoms with Gasteiger partial charge in [0.25, 0.3) is 0 Å². The first-order valence-corrected chi connectivity index (χ1v) is 11.7. The van der Waals surface area contributed by atoms with Crippen molar-refractivity contribution in [2.75, 3.05) is 11.9 Å². The van der Waals surface area contributed by atoms with Crippen molar-refractivity contribution in [1.29, 1.82) is 5.26 Å². The number of nitrogens with one attached hydrogen (secondary N) is 1. The third-order valence-electron chi connectivity index (χ3n) is 4.75. The van der Waals surface area contributed by atoms with Crippen molar-refractivity contribution >= 4 is 40.2 Å². The number of halogens is 1. The van der Waals surface area contributed by atoms with Gasteiger partial charge in [-0.15, -0.1) is 11.3 Å². The third-order valence-corrected chi connectivity index (χ3v) is 5.87. The van der Waals surface area contributed by atoms with E-state index in [9.17, 15) is 10.1 Å². The summed E-state index contributed by atoms with van der Waals surface area (Å²) >= 11 is 7.33. The van der Waals surface area contributed by atoms with Gasteiger partial charge in [-0.05, 0) is 30.7 Å². The van der Waals surface area contributed by atoms with Crippen LogP contribution in [0, 0.1) is 11.3 Å². The van der Waals surface area contributed by atoms with Crippen molar-refractivity contribution in [3.63, 3.8) is 0 Å². The van der Waals surface area contributed by atoms with Gasteiger partial charge in [0.15, 0.2) is 0 Å². The highest BCUT2D eigenvalue weighted by molar-refractivity contribution is 7.11. The molecule has 0 bridgehead atoms. The summed E-state index contributed by atoms with van der Waals surface area (Å²) in [5.74, 6) is -0.379.